The van der Waals surface area contributed by atoms with Crippen molar-refractivity contribution in [1.82, 2.24) is 0 Å². The number of carboxylic acids is 1. The second kappa shape index (κ2) is 12.7. The molecule has 6 rings (SSSR count). The number of aliphatic hydroxyl groups is 1. The van der Waals surface area contributed by atoms with Crippen LogP contribution in [0.3, 0.4) is 0 Å². The summed E-state index contributed by atoms with van der Waals surface area (Å²) < 4.78 is 12.5. The average Bonchev–Trinajstić information content (AvgIpc) is 3.39. The van der Waals surface area contributed by atoms with E-state index in [1.165, 1.54) is 13.8 Å². The van der Waals surface area contributed by atoms with Gasteiger partial charge in [0.15, 0.2) is 0 Å². The van der Waals surface area contributed by atoms with E-state index < -0.39 is 29.7 Å². The molecular formula is C40H52O7. The molecule has 0 amide bonds. The maximum absolute atomic E-state index is 12.8. The van der Waals surface area contributed by atoms with Gasteiger partial charge in [-0.15, -0.1) is 0 Å². The number of fused-ring (bicyclic) bond motifs is 5. The van der Waals surface area contributed by atoms with Crippen LogP contribution in [0.4, 0.5) is 0 Å². The summed E-state index contributed by atoms with van der Waals surface area (Å²) in [5.74, 6) is -0.525. The average molecular weight is 645 g/mol. The van der Waals surface area contributed by atoms with Crippen molar-refractivity contribution in [3.05, 3.63) is 60.2 Å². The third-order valence-corrected chi connectivity index (χ3v) is 13.5. The van der Waals surface area contributed by atoms with E-state index >= 15 is 0 Å². The van der Waals surface area contributed by atoms with Crippen molar-refractivity contribution >= 4 is 17.9 Å². The monoisotopic (exact) mass is 644 g/mol. The summed E-state index contributed by atoms with van der Waals surface area (Å²) in [6.07, 6.45) is 5.40. The molecule has 7 heteroatoms. The van der Waals surface area contributed by atoms with Gasteiger partial charge in [0.05, 0.1) is 5.60 Å². The summed E-state index contributed by atoms with van der Waals surface area (Å²) in [4.78, 5) is 37.0. The standard InChI is InChI=1S/C40H52O7/c1-24(11-18-34(43)44)30-16-17-31-35-32(19-20-38(30,31)4)39(5)21-22-40(45,23-33(39)36(46-25(2)41)37(35)47-26(3)42)29-14-12-28(13-15-29)27-9-7-6-8-10-27/h6-10,12-15,24,30-33,35-37,45H,11,16-23H2,1-5H3,(H,43,44)/t24-,30-,31+,32+,33+,35+,36-,37+,38-,39-,40+/m1/s1. The van der Waals surface area contributed by atoms with Crippen molar-refractivity contribution < 1.29 is 34.1 Å². The Kier molecular flexibility index (Phi) is 9.10. The minimum Gasteiger partial charge on any atom is -0.481 e. The highest BCUT2D eigenvalue weighted by Crippen LogP contribution is 2.70. The van der Waals surface area contributed by atoms with E-state index in [1.54, 1.807) is 0 Å². The number of hydrogen-bond donors (Lipinski definition) is 2. The van der Waals surface area contributed by atoms with E-state index in [4.69, 9.17) is 9.47 Å². The van der Waals surface area contributed by atoms with Gasteiger partial charge in [0.2, 0.25) is 0 Å². The fourth-order valence-electron chi connectivity index (χ4n) is 11.3. The summed E-state index contributed by atoms with van der Waals surface area (Å²) in [7, 11) is 0. The van der Waals surface area contributed by atoms with Gasteiger partial charge in [-0.25, -0.2) is 0 Å². The quantitative estimate of drug-likeness (QED) is 0.282. The summed E-state index contributed by atoms with van der Waals surface area (Å²) in [5, 5.41) is 21.7. The highest BCUT2D eigenvalue weighted by molar-refractivity contribution is 5.68. The van der Waals surface area contributed by atoms with Crippen LogP contribution in [0, 0.1) is 46.3 Å². The predicted molar refractivity (Wildman–Crippen MR) is 179 cm³/mol. The third kappa shape index (κ3) is 6.02. The Hall–Kier alpha value is -3.19. The SMILES string of the molecule is CC(=O)O[C@@H]1[C@H](OC(C)=O)[C@@H]2C[C@](O)(c3ccc(-c4ccccc4)cc3)CC[C@]2(C)[C@H]2CC[C@]3(C)[C@@H]([C@H](C)CCC(=O)O)CC[C@H]3[C@H]12. The first-order chi connectivity index (χ1) is 22.3. The number of rotatable bonds is 8. The molecule has 7 nitrogen and oxygen atoms in total. The molecule has 2 N–H and O–H groups in total. The molecule has 2 aromatic rings. The number of carboxylic acid groups (broad SMARTS) is 1. The van der Waals surface area contributed by atoms with Gasteiger partial charge in [0.25, 0.3) is 0 Å². The smallest absolute Gasteiger partial charge is 0.303 e. The Morgan fingerprint density at radius 3 is 2.04 bits per heavy atom. The largest absolute Gasteiger partial charge is 0.481 e. The molecule has 0 aliphatic heterocycles. The van der Waals surface area contributed by atoms with Crippen molar-refractivity contribution in [3.63, 3.8) is 0 Å². The van der Waals surface area contributed by atoms with E-state index in [9.17, 15) is 24.6 Å². The van der Waals surface area contributed by atoms with Crippen LogP contribution in [0.5, 0.6) is 0 Å². The zero-order valence-corrected chi connectivity index (χ0v) is 28.6. The zero-order chi connectivity index (χ0) is 33.7. The topological polar surface area (TPSA) is 110 Å². The molecule has 0 radical (unpaired) electrons. The van der Waals surface area contributed by atoms with Crippen LogP contribution in [0.15, 0.2) is 54.6 Å². The molecule has 0 saturated heterocycles. The van der Waals surface area contributed by atoms with E-state index in [2.05, 4.69) is 45.0 Å². The Labute approximate surface area is 279 Å². The minimum atomic E-state index is -1.10. The van der Waals surface area contributed by atoms with Gasteiger partial charge < -0.3 is 19.7 Å². The van der Waals surface area contributed by atoms with Crippen LogP contribution in [0.25, 0.3) is 11.1 Å². The summed E-state index contributed by atoms with van der Waals surface area (Å²) in [5.41, 5.74) is 1.73. The second-order valence-corrected chi connectivity index (χ2v) is 15.9. The maximum atomic E-state index is 12.8. The first-order valence-corrected chi connectivity index (χ1v) is 17.7. The lowest BCUT2D eigenvalue weighted by Crippen LogP contribution is -2.66. The highest BCUT2D eigenvalue weighted by atomic mass is 16.6. The molecule has 11 atom stereocenters. The molecule has 0 spiro atoms. The Balaban J connectivity index is 1.34. The van der Waals surface area contributed by atoms with Crippen molar-refractivity contribution in [3.8, 4) is 11.1 Å². The van der Waals surface area contributed by atoms with Crippen molar-refractivity contribution in [2.45, 2.75) is 110 Å². The second-order valence-electron chi connectivity index (χ2n) is 15.9. The van der Waals surface area contributed by atoms with Crippen molar-refractivity contribution in [2.24, 2.45) is 46.3 Å². The Morgan fingerprint density at radius 2 is 1.40 bits per heavy atom. The number of ether oxygens (including phenoxy) is 2. The van der Waals surface area contributed by atoms with Gasteiger partial charge in [-0.3, -0.25) is 14.4 Å². The molecule has 47 heavy (non-hydrogen) atoms. The molecule has 4 saturated carbocycles. The van der Waals surface area contributed by atoms with Gasteiger partial charge in [0, 0.05) is 32.1 Å². The fraction of sp³-hybridized carbons (Fsp3) is 0.625. The maximum Gasteiger partial charge on any atom is 0.303 e. The number of carbonyl (C=O) groups excluding carboxylic acids is 2. The van der Waals surface area contributed by atoms with E-state index in [-0.39, 0.29) is 52.8 Å². The first-order valence-electron chi connectivity index (χ1n) is 17.7. The van der Waals surface area contributed by atoms with Crippen LogP contribution in [0.2, 0.25) is 0 Å². The molecule has 0 unspecified atom stereocenters. The molecule has 4 fully saturated rings. The molecule has 0 heterocycles. The lowest BCUT2D eigenvalue weighted by molar-refractivity contribution is -0.250. The van der Waals surface area contributed by atoms with Gasteiger partial charge >= 0.3 is 17.9 Å². The number of hydrogen-bond acceptors (Lipinski definition) is 6. The van der Waals surface area contributed by atoms with Gasteiger partial charge in [-0.1, -0.05) is 75.4 Å². The van der Waals surface area contributed by atoms with E-state index in [0.29, 0.717) is 25.2 Å². The lowest BCUT2D eigenvalue weighted by Gasteiger charge is -2.65. The molecule has 4 aliphatic rings. The number of carbonyl (C=O) groups is 3. The van der Waals surface area contributed by atoms with E-state index in [1.807, 2.05) is 30.3 Å². The molecule has 2 aromatic carbocycles. The third-order valence-electron chi connectivity index (χ3n) is 13.5. The van der Waals surface area contributed by atoms with Crippen LogP contribution in [-0.4, -0.2) is 40.3 Å². The fourth-order valence-corrected chi connectivity index (χ4v) is 11.3. The molecular weight excluding hydrogens is 592 g/mol. The number of benzene rings is 2. The van der Waals surface area contributed by atoms with E-state index in [0.717, 1.165) is 48.8 Å². The van der Waals surface area contributed by atoms with Crippen molar-refractivity contribution in [1.29, 1.82) is 0 Å². The van der Waals surface area contributed by atoms with Crippen LogP contribution in [-0.2, 0) is 29.5 Å². The van der Waals surface area contributed by atoms with Crippen LogP contribution in [0.1, 0.15) is 98.0 Å². The van der Waals surface area contributed by atoms with Gasteiger partial charge in [-0.05, 0) is 103 Å². The van der Waals surface area contributed by atoms with Gasteiger partial charge in [-0.2, -0.15) is 0 Å². The highest BCUT2D eigenvalue weighted by Gasteiger charge is 2.68. The minimum absolute atomic E-state index is 0.0165. The number of aliphatic carboxylic acids is 1. The zero-order valence-electron chi connectivity index (χ0n) is 28.6. The first kappa shape index (κ1) is 33.7. The summed E-state index contributed by atoms with van der Waals surface area (Å²) in [6, 6.07) is 18.4. The molecule has 0 aromatic heterocycles. The van der Waals surface area contributed by atoms with Gasteiger partial charge in [0.1, 0.15) is 12.2 Å². The van der Waals surface area contributed by atoms with Crippen LogP contribution >= 0.6 is 0 Å². The van der Waals surface area contributed by atoms with Crippen LogP contribution < -0.4 is 0 Å². The predicted octanol–water partition coefficient (Wildman–Crippen LogP) is 7.78. The molecule has 254 valence electrons. The number of esters is 2. The Bertz CT molecular complexity index is 1470. The summed E-state index contributed by atoms with van der Waals surface area (Å²) >= 11 is 0. The molecule has 4 aliphatic carbocycles. The lowest BCUT2D eigenvalue weighted by atomic mass is 9.42. The molecule has 0 bridgehead atoms. The Morgan fingerprint density at radius 1 is 0.787 bits per heavy atom. The summed E-state index contributed by atoms with van der Waals surface area (Å²) in [6.45, 7) is 9.77. The normalized spacial score (nSPS) is 38.3. The van der Waals surface area contributed by atoms with Crippen molar-refractivity contribution in [2.75, 3.05) is 0 Å².